The van der Waals surface area contributed by atoms with Crippen molar-refractivity contribution in [3.05, 3.63) is 96.3 Å². The lowest BCUT2D eigenvalue weighted by Gasteiger charge is -2.20. The molecule has 4 heterocycles. The number of fused-ring (bicyclic) bond motifs is 1. The van der Waals surface area contributed by atoms with E-state index in [1.165, 1.54) is 36.3 Å². The summed E-state index contributed by atoms with van der Waals surface area (Å²) in [5, 5.41) is 8.34. The van der Waals surface area contributed by atoms with Crippen molar-refractivity contribution in [2.75, 3.05) is 29.9 Å². The van der Waals surface area contributed by atoms with Crippen molar-refractivity contribution in [2.24, 2.45) is 0 Å². The Bertz CT molecular complexity index is 1860. The van der Waals surface area contributed by atoms with Crippen molar-refractivity contribution in [3.8, 4) is 17.2 Å². The number of carbonyl (C=O) groups is 2. The third-order valence-corrected chi connectivity index (χ3v) is 7.21. The number of hydrogen-bond donors (Lipinski definition) is 1. The van der Waals surface area contributed by atoms with Gasteiger partial charge in [0.1, 0.15) is 23.0 Å². The molecule has 3 aromatic heterocycles. The van der Waals surface area contributed by atoms with E-state index in [-0.39, 0.29) is 41.0 Å². The summed E-state index contributed by atoms with van der Waals surface area (Å²) in [4.78, 5) is 37.1. The van der Waals surface area contributed by atoms with Crippen LogP contribution in [0.25, 0.3) is 16.6 Å². The quantitative estimate of drug-likeness (QED) is 0.271. The van der Waals surface area contributed by atoms with Crippen LogP contribution in [-0.2, 0) is 5.41 Å². The van der Waals surface area contributed by atoms with E-state index in [1.807, 2.05) is 36.4 Å². The van der Waals surface area contributed by atoms with Gasteiger partial charge in [0.2, 0.25) is 0 Å². The summed E-state index contributed by atoms with van der Waals surface area (Å²) < 4.78 is 23.0. The van der Waals surface area contributed by atoms with Gasteiger partial charge in [0.05, 0.1) is 22.6 Å². The molecule has 11 heteroatoms. The van der Waals surface area contributed by atoms with Crippen LogP contribution in [0, 0.1) is 5.82 Å². The van der Waals surface area contributed by atoms with E-state index in [4.69, 9.17) is 9.84 Å². The second-order valence-electron chi connectivity index (χ2n) is 11.2. The predicted octanol–water partition coefficient (Wildman–Crippen LogP) is 5.85. The summed E-state index contributed by atoms with van der Waals surface area (Å²) in [5.41, 5.74) is 2.52. The molecular formula is C32H30FN7O3. The van der Waals surface area contributed by atoms with Gasteiger partial charge in [-0.2, -0.15) is 5.10 Å². The van der Waals surface area contributed by atoms with Crippen LogP contribution in [0.5, 0.6) is 11.5 Å². The van der Waals surface area contributed by atoms with E-state index >= 15 is 4.39 Å². The maximum Gasteiger partial charge on any atom is 0.330 e. The molecule has 0 unspecified atom stereocenters. The summed E-state index contributed by atoms with van der Waals surface area (Å²) in [6.45, 7) is 6.83. The minimum absolute atomic E-state index is 0.138. The number of amides is 3. The van der Waals surface area contributed by atoms with Crippen LogP contribution in [0.1, 0.15) is 37.0 Å². The summed E-state index contributed by atoms with van der Waals surface area (Å²) in [7, 11) is 1.50. The van der Waals surface area contributed by atoms with Crippen LogP contribution in [0.4, 0.5) is 20.7 Å². The number of benzene rings is 2. The van der Waals surface area contributed by atoms with E-state index in [9.17, 15) is 9.59 Å². The molecule has 1 aliphatic rings. The van der Waals surface area contributed by atoms with E-state index in [2.05, 4.69) is 36.1 Å². The minimum atomic E-state index is -0.612. The zero-order valence-corrected chi connectivity index (χ0v) is 24.2. The average molecular weight is 580 g/mol. The Morgan fingerprint density at radius 1 is 0.930 bits per heavy atom. The molecule has 218 valence electrons. The maximum atomic E-state index is 15.4. The highest BCUT2D eigenvalue weighted by Gasteiger charge is 2.35. The van der Waals surface area contributed by atoms with E-state index in [1.54, 1.807) is 27.9 Å². The number of urea groups is 1. The van der Waals surface area contributed by atoms with Gasteiger partial charge in [0.15, 0.2) is 5.82 Å². The van der Waals surface area contributed by atoms with Crippen LogP contribution in [-0.4, -0.2) is 51.8 Å². The fraction of sp³-hybridized carbons (Fsp3) is 0.219. The number of anilines is 2. The van der Waals surface area contributed by atoms with Gasteiger partial charge < -0.3 is 10.1 Å². The molecule has 43 heavy (non-hydrogen) atoms. The van der Waals surface area contributed by atoms with Crippen molar-refractivity contribution in [3.63, 3.8) is 0 Å². The molecule has 10 nitrogen and oxygen atoms in total. The SMILES string of the molecule is CNC(=O)c1cc(Oc2ccc(N3CCN(c4cc(C(C)(C)C)nn4-c4ccc5ncccc5c4)C3=O)c(F)c2)ccn1. The van der Waals surface area contributed by atoms with Gasteiger partial charge in [0.25, 0.3) is 5.91 Å². The number of ether oxygens (including phenoxy) is 1. The third kappa shape index (κ3) is 5.36. The minimum Gasteiger partial charge on any atom is -0.457 e. The maximum absolute atomic E-state index is 15.4. The topological polar surface area (TPSA) is 105 Å². The molecule has 2 aromatic carbocycles. The van der Waals surface area contributed by atoms with Crippen molar-refractivity contribution in [1.82, 2.24) is 25.1 Å². The fourth-order valence-electron chi connectivity index (χ4n) is 4.92. The fourth-order valence-corrected chi connectivity index (χ4v) is 4.92. The van der Waals surface area contributed by atoms with Crippen molar-refractivity contribution >= 4 is 34.3 Å². The molecular weight excluding hydrogens is 549 g/mol. The zero-order valence-electron chi connectivity index (χ0n) is 24.2. The number of hydrogen-bond acceptors (Lipinski definition) is 6. The summed E-state index contributed by atoms with van der Waals surface area (Å²) in [5.74, 6) is 0.177. The third-order valence-electron chi connectivity index (χ3n) is 7.21. The Labute approximate surface area is 247 Å². The number of rotatable bonds is 6. The van der Waals surface area contributed by atoms with E-state index in [0.29, 0.717) is 18.1 Å². The molecule has 1 fully saturated rings. The normalized spacial score (nSPS) is 13.6. The van der Waals surface area contributed by atoms with Gasteiger partial charge in [-0.15, -0.1) is 0 Å². The first-order valence-electron chi connectivity index (χ1n) is 13.8. The Hall–Kier alpha value is -5.32. The van der Waals surface area contributed by atoms with Crippen LogP contribution in [0.15, 0.2) is 79.1 Å². The Kier molecular flexibility index (Phi) is 7.01. The number of pyridine rings is 2. The number of nitrogens with zero attached hydrogens (tertiary/aromatic N) is 6. The summed E-state index contributed by atoms with van der Waals surface area (Å²) >= 11 is 0. The van der Waals surface area contributed by atoms with Crippen LogP contribution >= 0.6 is 0 Å². The standard InChI is InChI=1S/C32H30FN7O3/c1-32(2,3)28-19-29(40(37-28)21-7-9-25-20(16-21)6-5-12-35-25)39-15-14-38(31(39)42)27-10-8-22(17-24(27)33)43-23-11-13-36-26(18-23)30(41)34-4/h5-13,16-19H,14-15H2,1-4H3,(H,34,41). The lowest BCUT2D eigenvalue weighted by molar-refractivity contribution is 0.0957. The molecule has 0 spiro atoms. The number of halogens is 1. The van der Waals surface area contributed by atoms with Crippen molar-refractivity contribution in [2.45, 2.75) is 26.2 Å². The van der Waals surface area contributed by atoms with Gasteiger partial charge in [-0.3, -0.25) is 24.6 Å². The monoisotopic (exact) mass is 579 g/mol. The average Bonchev–Trinajstić information content (AvgIpc) is 3.61. The molecule has 6 rings (SSSR count). The number of carbonyl (C=O) groups excluding carboxylic acids is 2. The van der Waals surface area contributed by atoms with Gasteiger partial charge >= 0.3 is 6.03 Å². The van der Waals surface area contributed by atoms with Gasteiger partial charge in [-0.05, 0) is 42.5 Å². The highest BCUT2D eigenvalue weighted by molar-refractivity contribution is 6.06. The molecule has 1 N–H and O–H groups in total. The molecule has 0 saturated carbocycles. The highest BCUT2D eigenvalue weighted by Crippen LogP contribution is 2.34. The Morgan fingerprint density at radius 2 is 1.72 bits per heavy atom. The largest absolute Gasteiger partial charge is 0.457 e. The highest BCUT2D eigenvalue weighted by atomic mass is 19.1. The van der Waals surface area contributed by atoms with Gasteiger partial charge in [0, 0.05) is 61.5 Å². The summed E-state index contributed by atoms with van der Waals surface area (Å²) in [6, 6.07) is 18.6. The second-order valence-corrected chi connectivity index (χ2v) is 11.2. The van der Waals surface area contributed by atoms with Crippen LogP contribution in [0.3, 0.4) is 0 Å². The van der Waals surface area contributed by atoms with Crippen molar-refractivity contribution < 1.29 is 18.7 Å². The molecule has 1 saturated heterocycles. The number of aromatic nitrogens is 4. The lowest BCUT2D eigenvalue weighted by Crippen LogP contribution is -2.33. The van der Waals surface area contributed by atoms with Gasteiger partial charge in [-0.25, -0.2) is 13.9 Å². The van der Waals surface area contributed by atoms with E-state index < -0.39 is 5.82 Å². The first-order chi connectivity index (χ1) is 20.6. The van der Waals surface area contributed by atoms with Crippen molar-refractivity contribution in [1.29, 1.82) is 0 Å². The lowest BCUT2D eigenvalue weighted by atomic mass is 9.92. The van der Waals surface area contributed by atoms with Gasteiger partial charge in [-0.1, -0.05) is 26.8 Å². The Balaban J connectivity index is 1.28. The van der Waals surface area contributed by atoms with Crippen LogP contribution in [0.2, 0.25) is 0 Å². The first-order valence-corrected chi connectivity index (χ1v) is 13.8. The molecule has 0 bridgehead atoms. The molecule has 0 aliphatic carbocycles. The molecule has 0 atom stereocenters. The Morgan fingerprint density at radius 3 is 2.49 bits per heavy atom. The number of nitrogens with one attached hydrogen (secondary N) is 1. The second kappa shape index (κ2) is 10.8. The predicted molar refractivity (Wildman–Crippen MR) is 162 cm³/mol. The zero-order chi connectivity index (χ0) is 30.3. The molecule has 5 aromatic rings. The summed E-state index contributed by atoms with van der Waals surface area (Å²) in [6.07, 6.45) is 3.18. The smallest absolute Gasteiger partial charge is 0.330 e. The first kappa shape index (κ1) is 27.8. The molecule has 1 aliphatic heterocycles. The van der Waals surface area contributed by atoms with Crippen LogP contribution < -0.4 is 19.9 Å². The molecule has 3 amide bonds. The van der Waals surface area contributed by atoms with E-state index in [0.717, 1.165) is 22.3 Å². The molecule has 0 radical (unpaired) electrons.